The molecule has 1 aromatic carbocycles. The van der Waals surface area contributed by atoms with Gasteiger partial charge in [0.15, 0.2) is 5.76 Å². The van der Waals surface area contributed by atoms with Crippen molar-refractivity contribution < 1.29 is 17.7 Å². The van der Waals surface area contributed by atoms with Crippen LogP contribution in [0.15, 0.2) is 39.8 Å². The fourth-order valence-corrected chi connectivity index (χ4v) is 3.49. The van der Waals surface area contributed by atoms with Crippen molar-refractivity contribution in [2.45, 2.75) is 25.2 Å². The molecular weight excluding hydrogens is 342 g/mol. The highest BCUT2D eigenvalue weighted by Crippen LogP contribution is 2.18. The molecule has 25 heavy (non-hydrogen) atoms. The molecule has 2 N–H and O–H groups in total. The fraction of sp³-hybridized carbons (Fsp3) is 0.294. The van der Waals surface area contributed by atoms with Gasteiger partial charge in [0.2, 0.25) is 15.9 Å². The fourth-order valence-electron chi connectivity index (χ4n) is 2.13. The average Bonchev–Trinajstić information content (AvgIpc) is 2.92. The number of carbonyl (C=O) groups excluding carboxylic acids is 1. The van der Waals surface area contributed by atoms with Crippen LogP contribution >= 0.6 is 0 Å². The Morgan fingerprint density at radius 3 is 2.60 bits per heavy atom. The van der Waals surface area contributed by atoms with Gasteiger partial charge in [-0.15, -0.1) is 0 Å². The zero-order valence-electron chi connectivity index (χ0n) is 14.0. The van der Waals surface area contributed by atoms with Gasteiger partial charge in [-0.1, -0.05) is 35.2 Å². The highest BCUT2D eigenvalue weighted by Gasteiger charge is 2.23. The Morgan fingerprint density at radius 2 is 1.96 bits per heavy atom. The molecule has 132 valence electrons. The van der Waals surface area contributed by atoms with Gasteiger partial charge in [-0.2, -0.15) is 0 Å². The first kappa shape index (κ1) is 18.7. The molecule has 1 heterocycles. The first-order valence-electron chi connectivity index (χ1n) is 7.63. The molecule has 0 spiro atoms. The van der Waals surface area contributed by atoms with Crippen molar-refractivity contribution in [3.63, 3.8) is 0 Å². The summed E-state index contributed by atoms with van der Waals surface area (Å²) in [4.78, 5) is 11.7. The molecule has 0 unspecified atom stereocenters. The minimum atomic E-state index is -3.75. The molecule has 1 aromatic heterocycles. The number of nitrogens with zero attached hydrogens (tertiary/aromatic N) is 1. The lowest BCUT2D eigenvalue weighted by Crippen LogP contribution is -2.31. The lowest BCUT2D eigenvalue weighted by molar-refractivity contribution is -0.120. The molecule has 0 bridgehead atoms. The monoisotopic (exact) mass is 361 g/mol. The Labute approximate surface area is 146 Å². The summed E-state index contributed by atoms with van der Waals surface area (Å²) in [6.45, 7) is 3.24. The minimum absolute atomic E-state index is 0.00955. The van der Waals surface area contributed by atoms with Gasteiger partial charge in [0.1, 0.15) is 10.6 Å². The van der Waals surface area contributed by atoms with E-state index in [0.29, 0.717) is 0 Å². The van der Waals surface area contributed by atoms with E-state index in [4.69, 9.17) is 4.52 Å². The number of aromatic nitrogens is 1. The van der Waals surface area contributed by atoms with E-state index in [-0.39, 0.29) is 41.8 Å². The smallest absolute Gasteiger partial charge is 0.245 e. The number of amides is 1. The lowest BCUT2D eigenvalue weighted by Gasteiger charge is -2.06. The number of hydrogen-bond donors (Lipinski definition) is 2. The Kier molecular flexibility index (Phi) is 6.33. The number of rotatable bonds is 6. The standard InChI is InChI=1S/C17H19N3O4S/c1-13-17(14(2)24-20-13)25(22,23)19-12-10-16(21)18-11-6-9-15-7-4-3-5-8-15/h3-5,7-8,19H,10-12H2,1-2H3,(H,18,21). The maximum atomic E-state index is 12.2. The summed E-state index contributed by atoms with van der Waals surface area (Å²) >= 11 is 0. The van der Waals surface area contributed by atoms with Crippen LogP contribution in [0.3, 0.4) is 0 Å². The summed E-state index contributed by atoms with van der Waals surface area (Å²) in [5.74, 6) is 5.68. The van der Waals surface area contributed by atoms with Crippen LogP contribution in [-0.2, 0) is 14.8 Å². The molecule has 1 amide bonds. The van der Waals surface area contributed by atoms with E-state index < -0.39 is 10.0 Å². The first-order chi connectivity index (χ1) is 11.9. The van der Waals surface area contributed by atoms with E-state index in [9.17, 15) is 13.2 Å². The molecule has 2 rings (SSSR count). The molecule has 0 saturated heterocycles. The highest BCUT2D eigenvalue weighted by molar-refractivity contribution is 7.89. The van der Waals surface area contributed by atoms with Gasteiger partial charge >= 0.3 is 0 Å². The topological polar surface area (TPSA) is 101 Å². The van der Waals surface area contributed by atoms with Crippen LogP contribution in [0.2, 0.25) is 0 Å². The largest absolute Gasteiger partial charge is 0.360 e. The molecule has 8 heteroatoms. The molecule has 0 fully saturated rings. The van der Waals surface area contributed by atoms with Gasteiger partial charge < -0.3 is 9.84 Å². The van der Waals surface area contributed by atoms with Gasteiger partial charge in [-0.05, 0) is 26.0 Å². The van der Waals surface area contributed by atoms with E-state index in [0.717, 1.165) is 5.56 Å². The summed E-state index contributed by atoms with van der Waals surface area (Å²) in [7, 11) is -3.75. The Bertz CT molecular complexity index is 873. The quantitative estimate of drug-likeness (QED) is 0.751. The van der Waals surface area contributed by atoms with Crippen molar-refractivity contribution in [2.75, 3.05) is 13.1 Å². The number of benzene rings is 1. The van der Waals surface area contributed by atoms with Crippen LogP contribution < -0.4 is 10.0 Å². The Balaban J connectivity index is 1.76. The van der Waals surface area contributed by atoms with Crippen LogP contribution in [0.4, 0.5) is 0 Å². The molecule has 0 aliphatic rings. The Morgan fingerprint density at radius 1 is 1.24 bits per heavy atom. The van der Waals surface area contributed by atoms with Crippen molar-refractivity contribution in [3.8, 4) is 11.8 Å². The zero-order chi connectivity index (χ0) is 18.3. The minimum Gasteiger partial charge on any atom is -0.360 e. The van der Waals surface area contributed by atoms with Crippen molar-refractivity contribution in [1.82, 2.24) is 15.2 Å². The normalized spacial score (nSPS) is 10.8. The van der Waals surface area contributed by atoms with Crippen LogP contribution in [0.1, 0.15) is 23.4 Å². The molecule has 0 saturated carbocycles. The maximum absolute atomic E-state index is 12.2. The van der Waals surface area contributed by atoms with E-state index in [1.807, 2.05) is 30.3 Å². The van der Waals surface area contributed by atoms with Gasteiger partial charge in [-0.25, -0.2) is 13.1 Å². The number of sulfonamides is 1. The number of aryl methyl sites for hydroxylation is 2. The summed E-state index contributed by atoms with van der Waals surface area (Å²) in [6, 6.07) is 9.41. The highest BCUT2D eigenvalue weighted by atomic mass is 32.2. The van der Waals surface area contributed by atoms with Crippen LogP contribution in [0.5, 0.6) is 0 Å². The van der Waals surface area contributed by atoms with Crippen molar-refractivity contribution in [1.29, 1.82) is 0 Å². The molecule has 7 nitrogen and oxygen atoms in total. The van der Waals surface area contributed by atoms with Crippen LogP contribution in [0.25, 0.3) is 0 Å². The maximum Gasteiger partial charge on any atom is 0.245 e. The molecule has 0 aliphatic carbocycles. The second-order valence-electron chi connectivity index (χ2n) is 5.25. The van der Waals surface area contributed by atoms with Crippen LogP contribution in [-0.4, -0.2) is 32.6 Å². The molecular formula is C17H19N3O4S. The van der Waals surface area contributed by atoms with Gasteiger partial charge in [0.05, 0.1) is 6.54 Å². The summed E-state index contributed by atoms with van der Waals surface area (Å²) in [5, 5.41) is 6.23. The number of carbonyl (C=O) groups is 1. The van der Waals surface area contributed by atoms with Crippen LogP contribution in [0, 0.1) is 25.7 Å². The van der Waals surface area contributed by atoms with E-state index >= 15 is 0 Å². The second-order valence-corrected chi connectivity index (χ2v) is 6.95. The third-order valence-corrected chi connectivity index (χ3v) is 4.97. The SMILES string of the molecule is Cc1noc(C)c1S(=O)(=O)NCCC(=O)NCC#Cc1ccccc1. The third kappa shape index (κ3) is 5.45. The zero-order valence-corrected chi connectivity index (χ0v) is 14.8. The summed E-state index contributed by atoms with van der Waals surface area (Å²) < 4.78 is 31.5. The molecule has 0 aliphatic heterocycles. The predicted molar refractivity (Wildman–Crippen MR) is 92.1 cm³/mol. The first-order valence-corrected chi connectivity index (χ1v) is 9.11. The van der Waals surface area contributed by atoms with E-state index in [1.54, 1.807) is 6.92 Å². The molecule has 2 aromatic rings. The number of hydrogen-bond acceptors (Lipinski definition) is 5. The average molecular weight is 361 g/mol. The predicted octanol–water partition coefficient (Wildman–Crippen LogP) is 1.13. The lowest BCUT2D eigenvalue weighted by atomic mass is 10.2. The van der Waals surface area contributed by atoms with Gasteiger partial charge in [-0.3, -0.25) is 4.79 Å². The third-order valence-electron chi connectivity index (χ3n) is 3.26. The van der Waals surface area contributed by atoms with E-state index in [2.05, 4.69) is 27.0 Å². The van der Waals surface area contributed by atoms with Gasteiger partial charge in [0.25, 0.3) is 0 Å². The molecule has 0 atom stereocenters. The summed E-state index contributed by atoms with van der Waals surface area (Å²) in [6.07, 6.45) is 0.00955. The molecule has 0 radical (unpaired) electrons. The van der Waals surface area contributed by atoms with Crippen molar-refractivity contribution in [3.05, 3.63) is 47.3 Å². The van der Waals surface area contributed by atoms with Crippen molar-refractivity contribution in [2.24, 2.45) is 0 Å². The van der Waals surface area contributed by atoms with Crippen molar-refractivity contribution >= 4 is 15.9 Å². The summed E-state index contributed by atoms with van der Waals surface area (Å²) in [5.41, 5.74) is 1.15. The number of nitrogens with one attached hydrogen (secondary N) is 2. The second kappa shape index (κ2) is 8.46. The van der Waals surface area contributed by atoms with E-state index in [1.165, 1.54) is 6.92 Å². The Hall–Kier alpha value is -2.63. The van der Waals surface area contributed by atoms with Gasteiger partial charge in [0, 0.05) is 18.5 Å².